The van der Waals surface area contributed by atoms with Crippen molar-refractivity contribution < 1.29 is 8.42 Å². The highest BCUT2D eigenvalue weighted by molar-refractivity contribution is 7.89. The lowest BCUT2D eigenvalue weighted by Crippen LogP contribution is -2.39. The molecule has 0 aliphatic heterocycles. The van der Waals surface area contributed by atoms with Crippen molar-refractivity contribution in [2.45, 2.75) is 32.1 Å². The van der Waals surface area contributed by atoms with Gasteiger partial charge in [-0.2, -0.15) is 0 Å². The molecule has 1 rings (SSSR count). The minimum Gasteiger partial charge on any atom is -0.330 e. The first-order valence-corrected chi connectivity index (χ1v) is 7.92. The molecule has 1 aromatic carbocycles. The summed E-state index contributed by atoms with van der Waals surface area (Å²) < 4.78 is 26.2. The summed E-state index contributed by atoms with van der Waals surface area (Å²) in [5, 5.41) is 0. The fourth-order valence-corrected chi connectivity index (χ4v) is 3.19. The molecular weight excluding hydrogens is 260 g/mol. The second-order valence-corrected chi connectivity index (χ2v) is 7.67. The van der Waals surface area contributed by atoms with Crippen LogP contribution in [0.1, 0.15) is 26.3 Å². The summed E-state index contributed by atoms with van der Waals surface area (Å²) in [6, 6.07) is 7.05. The molecule has 0 atom stereocenters. The molecule has 0 aliphatic carbocycles. The van der Waals surface area contributed by atoms with Gasteiger partial charge in [0.05, 0.1) is 4.90 Å². The van der Waals surface area contributed by atoms with E-state index in [4.69, 9.17) is 5.73 Å². The number of hydrogen-bond donors (Lipinski definition) is 1. The summed E-state index contributed by atoms with van der Waals surface area (Å²) in [6.45, 7) is 6.81. The van der Waals surface area contributed by atoms with Crippen LogP contribution in [0.3, 0.4) is 0 Å². The van der Waals surface area contributed by atoms with Gasteiger partial charge in [0.1, 0.15) is 0 Å². The van der Waals surface area contributed by atoms with E-state index < -0.39 is 10.0 Å². The second-order valence-electron chi connectivity index (χ2n) is 5.63. The zero-order valence-corrected chi connectivity index (χ0v) is 13.0. The Balaban J connectivity index is 2.96. The molecule has 0 unspecified atom stereocenters. The van der Waals surface area contributed by atoms with Gasteiger partial charge in [-0.05, 0) is 36.1 Å². The van der Waals surface area contributed by atoms with E-state index in [0.29, 0.717) is 18.0 Å². The van der Waals surface area contributed by atoms with Gasteiger partial charge in [0.2, 0.25) is 10.0 Å². The minimum absolute atomic E-state index is 0.231. The molecule has 0 heterocycles. The summed E-state index contributed by atoms with van der Waals surface area (Å²) in [5.74, 6) is 0. The van der Waals surface area contributed by atoms with Crippen molar-refractivity contribution in [1.29, 1.82) is 0 Å². The number of rotatable bonds is 6. The lowest BCUT2D eigenvalue weighted by Gasteiger charge is -2.28. The van der Waals surface area contributed by atoms with E-state index in [2.05, 4.69) is 0 Å². The monoisotopic (exact) mass is 284 g/mol. The molecule has 0 saturated carbocycles. The lowest BCUT2D eigenvalue weighted by molar-refractivity contribution is 0.292. The van der Waals surface area contributed by atoms with Gasteiger partial charge in [0, 0.05) is 13.6 Å². The number of aryl methyl sites for hydroxylation is 1. The quantitative estimate of drug-likeness (QED) is 0.867. The zero-order chi connectivity index (χ0) is 14.7. The summed E-state index contributed by atoms with van der Waals surface area (Å²) in [7, 11) is -1.83. The van der Waals surface area contributed by atoms with Crippen molar-refractivity contribution >= 4 is 10.0 Å². The van der Waals surface area contributed by atoms with Gasteiger partial charge in [-0.1, -0.05) is 32.9 Å². The first kappa shape index (κ1) is 16.1. The first-order chi connectivity index (χ1) is 8.73. The third kappa shape index (κ3) is 4.03. The Bertz CT molecular complexity index is 507. The van der Waals surface area contributed by atoms with Gasteiger partial charge < -0.3 is 5.73 Å². The Hall–Kier alpha value is -0.910. The van der Waals surface area contributed by atoms with Crippen LogP contribution in [-0.2, 0) is 16.4 Å². The highest BCUT2D eigenvalue weighted by Crippen LogP contribution is 2.21. The van der Waals surface area contributed by atoms with Crippen molar-refractivity contribution in [3.8, 4) is 0 Å². The molecule has 1 aromatic rings. The molecule has 108 valence electrons. The van der Waals surface area contributed by atoms with Gasteiger partial charge in [0.15, 0.2) is 0 Å². The van der Waals surface area contributed by atoms with Crippen LogP contribution < -0.4 is 5.73 Å². The largest absolute Gasteiger partial charge is 0.330 e. The lowest BCUT2D eigenvalue weighted by atomic mass is 9.94. The smallest absolute Gasteiger partial charge is 0.242 e. The molecule has 5 heteroatoms. The van der Waals surface area contributed by atoms with E-state index in [1.165, 1.54) is 4.31 Å². The molecule has 4 nitrogen and oxygen atoms in total. The Kier molecular flexibility index (Phi) is 5.12. The Morgan fingerprint density at radius 2 is 1.74 bits per heavy atom. The Morgan fingerprint density at radius 1 is 1.21 bits per heavy atom. The topological polar surface area (TPSA) is 63.4 Å². The van der Waals surface area contributed by atoms with Gasteiger partial charge in [-0.3, -0.25) is 0 Å². The second kappa shape index (κ2) is 6.03. The molecular formula is C14H24N2O2S. The van der Waals surface area contributed by atoms with E-state index in [1.807, 2.05) is 32.9 Å². The number of nitrogens with two attached hydrogens (primary N) is 1. The fraction of sp³-hybridized carbons (Fsp3) is 0.571. The summed E-state index contributed by atoms with van der Waals surface area (Å²) in [6.07, 6.45) is 0.899. The van der Waals surface area contributed by atoms with Crippen molar-refractivity contribution in [3.05, 3.63) is 29.8 Å². The first-order valence-electron chi connectivity index (χ1n) is 6.48. The SMILES string of the molecule is CCc1ccc(S(=O)(=O)N(C)CC(C)(C)CN)cc1. The minimum atomic E-state index is -3.43. The predicted molar refractivity (Wildman–Crippen MR) is 78.5 cm³/mol. The molecule has 0 saturated heterocycles. The Morgan fingerprint density at radius 3 is 2.16 bits per heavy atom. The van der Waals surface area contributed by atoms with Crippen molar-refractivity contribution in [3.63, 3.8) is 0 Å². The molecule has 0 radical (unpaired) electrons. The van der Waals surface area contributed by atoms with E-state index in [9.17, 15) is 8.42 Å². The average molecular weight is 284 g/mol. The van der Waals surface area contributed by atoms with E-state index in [-0.39, 0.29) is 5.41 Å². The van der Waals surface area contributed by atoms with Crippen molar-refractivity contribution in [2.75, 3.05) is 20.1 Å². The van der Waals surface area contributed by atoms with Crippen molar-refractivity contribution in [2.24, 2.45) is 11.1 Å². The highest BCUT2D eigenvalue weighted by Gasteiger charge is 2.26. The van der Waals surface area contributed by atoms with E-state index >= 15 is 0 Å². The molecule has 0 spiro atoms. The molecule has 0 aromatic heterocycles. The maximum Gasteiger partial charge on any atom is 0.242 e. The maximum atomic E-state index is 12.4. The molecule has 19 heavy (non-hydrogen) atoms. The maximum absolute atomic E-state index is 12.4. The van der Waals surface area contributed by atoms with Crippen LogP contribution in [0.2, 0.25) is 0 Å². The summed E-state index contributed by atoms with van der Waals surface area (Å²) in [4.78, 5) is 0.333. The summed E-state index contributed by atoms with van der Waals surface area (Å²) >= 11 is 0. The number of hydrogen-bond acceptors (Lipinski definition) is 3. The molecule has 0 bridgehead atoms. The zero-order valence-electron chi connectivity index (χ0n) is 12.2. The van der Waals surface area contributed by atoms with Crippen LogP contribution in [0.15, 0.2) is 29.2 Å². The fourth-order valence-electron chi connectivity index (χ4n) is 1.83. The molecule has 0 fully saturated rings. The van der Waals surface area contributed by atoms with Gasteiger partial charge in [-0.15, -0.1) is 0 Å². The van der Waals surface area contributed by atoms with E-state index in [0.717, 1.165) is 12.0 Å². The summed E-state index contributed by atoms with van der Waals surface area (Å²) in [5.41, 5.74) is 6.55. The molecule has 2 N–H and O–H groups in total. The van der Waals surface area contributed by atoms with Gasteiger partial charge >= 0.3 is 0 Å². The van der Waals surface area contributed by atoms with Crippen LogP contribution in [0.5, 0.6) is 0 Å². The Labute approximate surface area is 116 Å². The normalized spacial score (nSPS) is 12.9. The van der Waals surface area contributed by atoms with Crippen LogP contribution in [0.4, 0.5) is 0 Å². The van der Waals surface area contributed by atoms with Gasteiger partial charge in [0.25, 0.3) is 0 Å². The van der Waals surface area contributed by atoms with Crippen LogP contribution in [0, 0.1) is 5.41 Å². The predicted octanol–water partition coefficient (Wildman–Crippen LogP) is 1.85. The third-order valence-corrected chi connectivity index (χ3v) is 5.06. The number of sulfonamides is 1. The van der Waals surface area contributed by atoms with Crippen LogP contribution in [-0.4, -0.2) is 32.9 Å². The number of benzene rings is 1. The van der Waals surface area contributed by atoms with Crippen molar-refractivity contribution in [1.82, 2.24) is 4.31 Å². The van der Waals surface area contributed by atoms with Crippen LogP contribution in [0.25, 0.3) is 0 Å². The van der Waals surface area contributed by atoms with Crippen LogP contribution >= 0.6 is 0 Å². The third-order valence-electron chi connectivity index (χ3n) is 3.24. The molecule has 0 amide bonds. The highest BCUT2D eigenvalue weighted by atomic mass is 32.2. The standard InChI is InChI=1S/C14H24N2O2S/c1-5-12-6-8-13(9-7-12)19(17,18)16(4)11-14(2,3)10-15/h6-9H,5,10-11,15H2,1-4H3. The average Bonchev–Trinajstić information content (AvgIpc) is 2.38. The van der Waals surface area contributed by atoms with E-state index in [1.54, 1.807) is 19.2 Å². The number of nitrogens with zero attached hydrogens (tertiary/aromatic N) is 1. The van der Waals surface area contributed by atoms with Gasteiger partial charge in [-0.25, -0.2) is 12.7 Å². The molecule has 0 aliphatic rings.